The van der Waals surface area contributed by atoms with Crippen molar-refractivity contribution < 1.29 is 0 Å². The second-order valence-electron chi connectivity index (χ2n) is 2.95. The third-order valence-electron chi connectivity index (χ3n) is 1.52. The predicted octanol–water partition coefficient (Wildman–Crippen LogP) is 1.21. The zero-order valence-corrected chi connectivity index (χ0v) is 9.37. The Balaban J connectivity index is 2.41. The number of likely N-dealkylation sites (N-methyl/N-ethyl adjacent to an activating group) is 1. The van der Waals surface area contributed by atoms with Crippen LogP contribution in [0, 0.1) is 0 Å². The van der Waals surface area contributed by atoms with Crippen molar-refractivity contribution >= 4 is 21.7 Å². The van der Waals surface area contributed by atoms with E-state index in [0.717, 1.165) is 23.4 Å². The molecule has 0 aliphatic heterocycles. The predicted molar refractivity (Wildman–Crippen MR) is 56.8 cm³/mol. The van der Waals surface area contributed by atoms with Crippen LogP contribution in [0.5, 0.6) is 0 Å². The van der Waals surface area contributed by atoms with Gasteiger partial charge in [-0.25, -0.2) is 9.97 Å². The van der Waals surface area contributed by atoms with E-state index in [-0.39, 0.29) is 0 Å². The maximum Gasteiger partial charge on any atom is 0.143 e. The first kappa shape index (κ1) is 10.4. The van der Waals surface area contributed by atoms with Crippen LogP contribution in [0.3, 0.4) is 0 Å². The lowest BCUT2D eigenvalue weighted by atomic mass is 10.5. The van der Waals surface area contributed by atoms with E-state index in [1.807, 2.05) is 14.1 Å². The molecule has 0 saturated carbocycles. The van der Waals surface area contributed by atoms with Crippen LogP contribution in [0.15, 0.2) is 17.0 Å². The van der Waals surface area contributed by atoms with Crippen molar-refractivity contribution in [2.24, 2.45) is 0 Å². The molecule has 1 aromatic rings. The molecule has 0 atom stereocenters. The summed E-state index contributed by atoms with van der Waals surface area (Å²) >= 11 is 3.36. The van der Waals surface area contributed by atoms with E-state index < -0.39 is 0 Å². The molecular weight excluding hydrogens is 232 g/mol. The van der Waals surface area contributed by atoms with Crippen LogP contribution in [0.25, 0.3) is 0 Å². The molecule has 0 bridgehead atoms. The number of rotatable bonds is 4. The van der Waals surface area contributed by atoms with E-state index in [1.165, 1.54) is 6.33 Å². The zero-order valence-electron chi connectivity index (χ0n) is 7.79. The minimum absolute atomic E-state index is 0.844. The van der Waals surface area contributed by atoms with Gasteiger partial charge in [0.25, 0.3) is 0 Å². The Hall–Kier alpha value is -0.680. The monoisotopic (exact) mass is 244 g/mol. The molecule has 0 amide bonds. The Morgan fingerprint density at radius 2 is 2.31 bits per heavy atom. The number of anilines is 1. The van der Waals surface area contributed by atoms with Crippen LogP contribution in [-0.4, -0.2) is 42.1 Å². The van der Waals surface area contributed by atoms with Gasteiger partial charge in [0.2, 0.25) is 0 Å². The Labute approximate surface area is 86.5 Å². The van der Waals surface area contributed by atoms with Crippen LogP contribution in [-0.2, 0) is 0 Å². The van der Waals surface area contributed by atoms with Crippen LogP contribution >= 0.6 is 15.9 Å². The molecule has 0 aliphatic carbocycles. The quantitative estimate of drug-likeness (QED) is 0.865. The summed E-state index contributed by atoms with van der Waals surface area (Å²) < 4.78 is 0.897. The number of aromatic nitrogens is 2. The van der Waals surface area contributed by atoms with Gasteiger partial charge in [-0.3, -0.25) is 0 Å². The van der Waals surface area contributed by atoms with Gasteiger partial charge in [-0.2, -0.15) is 0 Å². The molecule has 1 rings (SSSR count). The largest absolute Gasteiger partial charge is 0.368 e. The molecule has 1 heterocycles. The summed E-state index contributed by atoms with van der Waals surface area (Å²) in [5, 5.41) is 3.20. The fourth-order valence-corrected chi connectivity index (χ4v) is 1.20. The van der Waals surface area contributed by atoms with E-state index in [4.69, 9.17) is 0 Å². The average molecular weight is 245 g/mol. The van der Waals surface area contributed by atoms with Crippen molar-refractivity contribution in [3.63, 3.8) is 0 Å². The van der Waals surface area contributed by atoms with Crippen molar-refractivity contribution in [3.05, 3.63) is 17.0 Å². The Morgan fingerprint density at radius 3 is 2.92 bits per heavy atom. The molecule has 0 saturated heterocycles. The van der Waals surface area contributed by atoms with Crippen LogP contribution < -0.4 is 5.32 Å². The number of halogens is 1. The van der Waals surface area contributed by atoms with Gasteiger partial charge in [-0.05, 0) is 30.0 Å². The highest BCUT2D eigenvalue weighted by Crippen LogP contribution is 2.16. The van der Waals surface area contributed by atoms with Crippen molar-refractivity contribution in [1.82, 2.24) is 14.9 Å². The molecule has 0 aromatic carbocycles. The van der Waals surface area contributed by atoms with Gasteiger partial charge >= 0.3 is 0 Å². The van der Waals surface area contributed by atoms with Crippen LogP contribution in [0.4, 0.5) is 5.82 Å². The first-order valence-electron chi connectivity index (χ1n) is 4.04. The molecule has 13 heavy (non-hydrogen) atoms. The van der Waals surface area contributed by atoms with Crippen LogP contribution in [0.2, 0.25) is 0 Å². The van der Waals surface area contributed by atoms with Crippen LogP contribution in [0.1, 0.15) is 0 Å². The summed E-state index contributed by atoms with van der Waals surface area (Å²) in [4.78, 5) is 10.1. The Morgan fingerprint density at radius 1 is 1.54 bits per heavy atom. The summed E-state index contributed by atoms with van der Waals surface area (Å²) in [6, 6.07) is 0. The highest BCUT2D eigenvalue weighted by Gasteiger charge is 1.98. The van der Waals surface area contributed by atoms with Gasteiger partial charge in [0, 0.05) is 19.3 Å². The van der Waals surface area contributed by atoms with Gasteiger partial charge in [0.15, 0.2) is 0 Å². The van der Waals surface area contributed by atoms with Gasteiger partial charge in [0.05, 0.1) is 4.47 Å². The fraction of sp³-hybridized carbons (Fsp3) is 0.500. The molecule has 0 aliphatic rings. The first-order valence-corrected chi connectivity index (χ1v) is 4.83. The standard InChI is InChI=1S/C8H13BrN4/c1-13(2)4-3-11-8-7(9)5-10-6-12-8/h5-6H,3-4H2,1-2H3,(H,10,11,12). The molecule has 0 spiro atoms. The molecule has 0 fully saturated rings. The number of hydrogen-bond donors (Lipinski definition) is 1. The van der Waals surface area contributed by atoms with E-state index in [9.17, 15) is 0 Å². The smallest absolute Gasteiger partial charge is 0.143 e. The van der Waals surface area contributed by atoms with Crippen molar-refractivity contribution in [2.45, 2.75) is 0 Å². The van der Waals surface area contributed by atoms with Crippen molar-refractivity contribution in [3.8, 4) is 0 Å². The first-order chi connectivity index (χ1) is 6.20. The van der Waals surface area contributed by atoms with E-state index >= 15 is 0 Å². The van der Waals surface area contributed by atoms with Gasteiger partial charge in [-0.1, -0.05) is 0 Å². The lowest BCUT2D eigenvalue weighted by molar-refractivity contribution is 0.425. The van der Waals surface area contributed by atoms with Gasteiger partial charge in [0.1, 0.15) is 12.1 Å². The molecule has 4 nitrogen and oxygen atoms in total. The molecule has 0 radical (unpaired) electrons. The maximum atomic E-state index is 4.09. The van der Waals surface area contributed by atoms with Crippen molar-refractivity contribution in [2.75, 3.05) is 32.5 Å². The SMILES string of the molecule is CN(C)CCNc1ncncc1Br. The van der Waals surface area contributed by atoms with Crippen molar-refractivity contribution in [1.29, 1.82) is 0 Å². The lowest BCUT2D eigenvalue weighted by Crippen LogP contribution is -2.21. The molecular formula is C8H13BrN4. The number of nitrogens with zero attached hydrogens (tertiary/aromatic N) is 3. The Kier molecular flexibility index (Phi) is 4.11. The van der Waals surface area contributed by atoms with E-state index in [1.54, 1.807) is 6.20 Å². The molecule has 5 heteroatoms. The molecule has 72 valence electrons. The minimum Gasteiger partial charge on any atom is -0.368 e. The fourth-order valence-electron chi connectivity index (χ4n) is 0.841. The average Bonchev–Trinajstić information content (AvgIpc) is 2.08. The molecule has 0 unspecified atom stereocenters. The summed E-state index contributed by atoms with van der Waals surface area (Å²) in [7, 11) is 4.08. The minimum atomic E-state index is 0.844. The molecule has 1 aromatic heterocycles. The normalized spacial score (nSPS) is 10.5. The number of nitrogens with one attached hydrogen (secondary N) is 1. The Bertz CT molecular complexity index is 264. The zero-order chi connectivity index (χ0) is 9.68. The third-order valence-corrected chi connectivity index (χ3v) is 2.10. The maximum absolute atomic E-state index is 4.09. The number of hydrogen-bond acceptors (Lipinski definition) is 4. The summed E-state index contributed by atoms with van der Waals surface area (Å²) in [6.07, 6.45) is 3.26. The van der Waals surface area contributed by atoms with E-state index in [2.05, 4.69) is 36.1 Å². The van der Waals surface area contributed by atoms with Gasteiger partial charge in [-0.15, -0.1) is 0 Å². The molecule has 1 N–H and O–H groups in total. The second-order valence-corrected chi connectivity index (χ2v) is 3.80. The summed E-state index contributed by atoms with van der Waals surface area (Å²) in [6.45, 7) is 1.86. The lowest BCUT2D eigenvalue weighted by Gasteiger charge is -2.11. The van der Waals surface area contributed by atoms with E-state index in [0.29, 0.717) is 0 Å². The second kappa shape index (κ2) is 5.14. The summed E-state index contributed by atoms with van der Waals surface area (Å²) in [5.41, 5.74) is 0. The highest BCUT2D eigenvalue weighted by atomic mass is 79.9. The topological polar surface area (TPSA) is 41.0 Å². The highest BCUT2D eigenvalue weighted by molar-refractivity contribution is 9.10. The summed E-state index contributed by atoms with van der Waals surface area (Å²) in [5.74, 6) is 0.844. The van der Waals surface area contributed by atoms with Gasteiger partial charge < -0.3 is 10.2 Å². The third kappa shape index (κ3) is 3.69.